The van der Waals surface area contributed by atoms with E-state index in [0.29, 0.717) is 12.5 Å². The first-order valence-corrected chi connectivity index (χ1v) is 5.94. The zero-order valence-corrected chi connectivity index (χ0v) is 10.8. The molecule has 0 aliphatic rings. The highest BCUT2D eigenvalue weighted by Gasteiger charge is 2.15. The van der Waals surface area contributed by atoms with E-state index < -0.39 is 23.4 Å². The van der Waals surface area contributed by atoms with Crippen molar-refractivity contribution < 1.29 is 18.4 Å². The number of carbonyl (C=O) groups excluding carboxylic acids is 2. The first-order valence-electron chi connectivity index (χ1n) is 5.94. The number of amides is 2. The minimum Gasteiger partial charge on any atom is -0.348 e. The number of hydrogen-bond acceptors (Lipinski definition) is 2. The second-order valence-electron chi connectivity index (χ2n) is 4.52. The summed E-state index contributed by atoms with van der Waals surface area (Å²) >= 11 is 0. The Morgan fingerprint density at radius 3 is 2.53 bits per heavy atom. The predicted octanol–water partition coefficient (Wildman–Crippen LogP) is 2.07. The minimum absolute atomic E-state index is 0.357. The largest absolute Gasteiger partial charge is 0.348 e. The summed E-state index contributed by atoms with van der Waals surface area (Å²) < 4.78 is 26.1. The Balaban J connectivity index is 2.54. The van der Waals surface area contributed by atoms with E-state index in [1.165, 1.54) is 0 Å². The monoisotopic (exact) mass is 270 g/mol. The SMILES string of the molecule is CC(C)CCNC(=O)C(=O)Nc1cc(F)ccc1F. The van der Waals surface area contributed by atoms with Crippen LogP contribution < -0.4 is 10.6 Å². The van der Waals surface area contributed by atoms with Crippen molar-refractivity contribution in [2.75, 3.05) is 11.9 Å². The van der Waals surface area contributed by atoms with Crippen molar-refractivity contribution in [1.82, 2.24) is 5.32 Å². The summed E-state index contributed by atoms with van der Waals surface area (Å²) in [7, 11) is 0. The number of benzene rings is 1. The second-order valence-corrected chi connectivity index (χ2v) is 4.52. The zero-order chi connectivity index (χ0) is 14.4. The van der Waals surface area contributed by atoms with Gasteiger partial charge in [-0.15, -0.1) is 0 Å². The fourth-order valence-corrected chi connectivity index (χ4v) is 1.33. The van der Waals surface area contributed by atoms with Gasteiger partial charge in [0.1, 0.15) is 11.6 Å². The molecule has 0 unspecified atom stereocenters. The van der Waals surface area contributed by atoms with Crippen LogP contribution in [0.1, 0.15) is 20.3 Å². The molecule has 4 nitrogen and oxygen atoms in total. The van der Waals surface area contributed by atoms with Crippen molar-refractivity contribution >= 4 is 17.5 Å². The smallest absolute Gasteiger partial charge is 0.313 e. The molecule has 1 rings (SSSR count). The molecule has 19 heavy (non-hydrogen) atoms. The van der Waals surface area contributed by atoms with E-state index in [2.05, 4.69) is 5.32 Å². The van der Waals surface area contributed by atoms with E-state index in [4.69, 9.17) is 0 Å². The molecule has 0 heterocycles. The molecule has 0 aromatic heterocycles. The summed E-state index contributed by atoms with van der Waals surface area (Å²) in [4.78, 5) is 22.8. The van der Waals surface area contributed by atoms with E-state index in [9.17, 15) is 18.4 Å². The normalized spacial score (nSPS) is 10.4. The van der Waals surface area contributed by atoms with Gasteiger partial charge in [0.05, 0.1) is 5.69 Å². The molecular weight excluding hydrogens is 254 g/mol. The molecule has 0 saturated carbocycles. The lowest BCUT2D eigenvalue weighted by Gasteiger charge is -2.08. The predicted molar refractivity (Wildman–Crippen MR) is 67.5 cm³/mol. The van der Waals surface area contributed by atoms with Crippen LogP contribution in [0.5, 0.6) is 0 Å². The quantitative estimate of drug-likeness (QED) is 0.823. The van der Waals surface area contributed by atoms with E-state index >= 15 is 0 Å². The van der Waals surface area contributed by atoms with Crippen molar-refractivity contribution in [1.29, 1.82) is 0 Å². The fourth-order valence-electron chi connectivity index (χ4n) is 1.33. The molecule has 0 fully saturated rings. The molecular formula is C13H16F2N2O2. The lowest BCUT2D eigenvalue weighted by atomic mass is 10.1. The average Bonchev–Trinajstić information content (AvgIpc) is 2.33. The Labute approximate surface area is 110 Å². The lowest BCUT2D eigenvalue weighted by molar-refractivity contribution is -0.136. The van der Waals surface area contributed by atoms with Crippen molar-refractivity contribution in [3.8, 4) is 0 Å². The van der Waals surface area contributed by atoms with Gasteiger partial charge >= 0.3 is 11.8 Å². The summed E-state index contributed by atoms with van der Waals surface area (Å²) in [5.41, 5.74) is -0.357. The third-order valence-electron chi connectivity index (χ3n) is 2.39. The number of nitrogens with one attached hydrogen (secondary N) is 2. The van der Waals surface area contributed by atoms with Gasteiger partial charge in [0.2, 0.25) is 0 Å². The van der Waals surface area contributed by atoms with Crippen molar-refractivity contribution in [3.05, 3.63) is 29.8 Å². The molecule has 2 N–H and O–H groups in total. The number of halogens is 2. The Hall–Kier alpha value is -1.98. The standard InChI is InChI=1S/C13H16F2N2O2/c1-8(2)5-6-16-12(18)13(19)17-11-7-9(14)3-4-10(11)15/h3-4,7-8H,5-6H2,1-2H3,(H,16,18)(H,17,19). The summed E-state index contributed by atoms with van der Waals surface area (Å²) in [5, 5.41) is 4.42. The summed E-state index contributed by atoms with van der Waals surface area (Å²) in [6.07, 6.45) is 0.730. The third kappa shape index (κ3) is 5.03. The fraction of sp³-hybridized carbons (Fsp3) is 0.385. The first-order chi connectivity index (χ1) is 8.90. The Morgan fingerprint density at radius 1 is 1.21 bits per heavy atom. The Kier molecular flexibility index (Phi) is 5.41. The second kappa shape index (κ2) is 6.82. The number of rotatable bonds is 4. The van der Waals surface area contributed by atoms with Gasteiger partial charge in [0.15, 0.2) is 0 Å². The van der Waals surface area contributed by atoms with Crippen molar-refractivity contribution in [2.45, 2.75) is 20.3 Å². The van der Waals surface area contributed by atoms with Gasteiger partial charge in [0, 0.05) is 12.6 Å². The summed E-state index contributed by atoms with van der Waals surface area (Å²) in [6, 6.07) is 2.62. The van der Waals surface area contributed by atoms with Crippen LogP contribution in [0.4, 0.5) is 14.5 Å². The highest BCUT2D eigenvalue weighted by atomic mass is 19.1. The molecule has 1 aromatic carbocycles. The van der Waals surface area contributed by atoms with Gasteiger partial charge in [0.25, 0.3) is 0 Å². The van der Waals surface area contributed by atoms with Crippen LogP contribution in [0.15, 0.2) is 18.2 Å². The average molecular weight is 270 g/mol. The molecule has 1 aromatic rings. The maximum absolute atomic E-state index is 13.2. The van der Waals surface area contributed by atoms with Crippen LogP contribution >= 0.6 is 0 Å². The zero-order valence-electron chi connectivity index (χ0n) is 10.8. The molecule has 0 atom stereocenters. The van der Waals surface area contributed by atoms with Crippen LogP contribution in [0.25, 0.3) is 0 Å². The van der Waals surface area contributed by atoms with Crippen molar-refractivity contribution in [3.63, 3.8) is 0 Å². The van der Waals surface area contributed by atoms with Crippen LogP contribution in [-0.2, 0) is 9.59 Å². The Morgan fingerprint density at radius 2 is 1.89 bits per heavy atom. The molecule has 0 saturated heterocycles. The van der Waals surface area contributed by atoms with Gasteiger partial charge in [-0.2, -0.15) is 0 Å². The van der Waals surface area contributed by atoms with Crippen LogP contribution in [0.3, 0.4) is 0 Å². The minimum atomic E-state index is -1.02. The molecule has 6 heteroatoms. The first kappa shape index (κ1) is 15.1. The van der Waals surface area contributed by atoms with Gasteiger partial charge < -0.3 is 10.6 Å². The Bertz CT molecular complexity index is 476. The van der Waals surface area contributed by atoms with Gasteiger partial charge in [-0.3, -0.25) is 9.59 Å². The molecule has 0 bridgehead atoms. The lowest BCUT2D eigenvalue weighted by Crippen LogP contribution is -2.36. The molecule has 0 radical (unpaired) electrons. The number of hydrogen-bond donors (Lipinski definition) is 2. The number of anilines is 1. The third-order valence-corrected chi connectivity index (χ3v) is 2.39. The maximum Gasteiger partial charge on any atom is 0.313 e. The van der Waals surface area contributed by atoms with Crippen molar-refractivity contribution in [2.24, 2.45) is 5.92 Å². The highest BCUT2D eigenvalue weighted by Crippen LogP contribution is 2.14. The maximum atomic E-state index is 13.2. The van der Waals surface area contributed by atoms with Gasteiger partial charge in [-0.1, -0.05) is 13.8 Å². The topological polar surface area (TPSA) is 58.2 Å². The van der Waals surface area contributed by atoms with Gasteiger partial charge in [-0.05, 0) is 24.5 Å². The number of carbonyl (C=O) groups is 2. The summed E-state index contributed by atoms with van der Waals surface area (Å²) in [6.45, 7) is 4.32. The van der Waals surface area contributed by atoms with E-state index in [-0.39, 0.29) is 5.69 Å². The molecule has 104 valence electrons. The van der Waals surface area contributed by atoms with Crippen LogP contribution in [0.2, 0.25) is 0 Å². The molecule has 0 spiro atoms. The van der Waals surface area contributed by atoms with Crippen LogP contribution in [-0.4, -0.2) is 18.4 Å². The molecule has 0 aliphatic heterocycles. The van der Waals surface area contributed by atoms with E-state index in [0.717, 1.165) is 24.6 Å². The molecule has 0 aliphatic carbocycles. The van der Waals surface area contributed by atoms with E-state index in [1.54, 1.807) is 0 Å². The highest BCUT2D eigenvalue weighted by molar-refractivity contribution is 6.39. The van der Waals surface area contributed by atoms with Gasteiger partial charge in [-0.25, -0.2) is 8.78 Å². The summed E-state index contributed by atoms with van der Waals surface area (Å²) in [5.74, 6) is -3.00. The van der Waals surface area contributed by atoms with Crippen LogP contribution in [0, 0.1) is 17.6 Å². The van der Waals surface area contributed by atoms with E-state index in [1.807, 2.05) is 19.2 Å². The molecule has 2 amide bonds.